The lowest BCUT2D eigenvalue weighted by atomic mass is 9.93. The lowest BCUT2D eigenvalue weighted by Gasteiger charge is -2.18. The number of hydrogen-bond donors (Lipinski definition) is 5. The van der Waals surface area contributed by atoms with E-state index in [1.54, 1.807) is 87.1 Å². The summed E-state index contributed by atoms with van der Waals surface area (Å²) in [5.74, 6) is 4.23. The maximum Gasteiger partial charge on any atom is 0.224 e. The fourth-order valence-corrected chi connectivity index (χ4v) is 7.89. The monoisotopic (exact) mass is 958 g/mol. The van der Waals surface area contributed by atoms with E-state index in [1.165, 1.54) is 35.1 Å². The first-order chi connectivity index (χ1) is 33.5. The molecule has 0 saturated carbocycles. The van der Waals surface area contributed by atoms with Gasteiger partial charge in [-0.05, 0) is 137 Å². The number of aromatic hydroxyl groups is 3. The molecule has 0 atom stereocenters. The van der Waals surface area contributed by atoms with E-state index in [4.69, 9.17) is 33.0 Å². The van der Waals surface area contributed by atoms with Crippen LogP contribution in [0, 0.1) is 0 Å². The Morgan fingerprint density at radius 3 is 1.67 bits per heavy atom. The molecule has 14 nitrogen and oxygen atoms in total. The lowest BCUT2D eigenvalue weighted by Crippen LogP contribution is -2.76. The minimum absolute atomic E-state index is 0.0363. The topological polar surface area (TPSA) is 189 Å². The van der Waals surface area contributed by atoms with Crippen molar-refractivity contribution in [2.24, 2.45) is 4.99 Å². The highest BCUT2D eigenvalue weighted by Crippen LogP contribution is 2.30. The van der Waals surface area contributed by atoms with Crippen molar-refractivity contribution in [3.8, 4) is 51.7 Å². The van der Waals surface area contributed by atoms with Gasteiger partial charge >= 0.3 is 0 Å². The van der Waals surface area contributed by atoms with Crippen LogP contribution in [0.15, 0.2) is 120 Å². The van der Waals surface area contributed by atoms with E-state index in [9.17, 15) is 20.1 Å². The predicted octanol–water partition coefficient (Wildman–Crippen LogP) is 6.86. The molecule has 2 aliphatic heterocycles. The Morgan fingerprint density at radius 2 is 1.10 bits per heavy atom. The number of nitrogens with one attached hydrogen (secondary N) is 2. The first-order valence-electron chi connectivity index (χ1n) is 22.2. The summed E-state index contributed by atoms with van der Waals surface area (Å²) >= 11 is 0. The van der Waals surface area contributed by atoms with Crippen LogP contribution in [0.4, 0.5) is 0 Å². The fraction of sp³-hybridized carbons (Fsp3) is 0.278. The third kappa shape index (κ3) is 15.0. The summed E-state index contributed by atoms with van der Waals surface area (Å²) in [7, 11) is 11.3. The first kappa shape index (κ1) is 52.4. The van der Waals surface area contributed by atoms with E-state index in [0.29, 0.717) is 30.2 Å². The standard InChI is InChI=1S/C18H21NO4.2C18H19NO3.HOP/c1-22-15-5-3-4-13(10-15)8-9-19-18(21)12-14-6-7-17(23-2)16(20)11-14;2*1-21-14-4-5-15-13(11-14)7-8-19-16(15)9-12-3-6-18(22-2)17(20)10-12;1-2/h3-7,10-11,20H,8-9,12H2,1-2H3,(H,19,21);2*3-6,10-11,20H,7-9H2,1-2H3;2H/p+1. The SMILES string of the molecule is COc1ccc2c(c1)CCN=C2Cc1ccc(OC)c(O)c1.COc1ccc2c(c1)CC[NH+]=C2Cc1ccc(OC)c(O)c1.COc1cccc(CCNC(=O)Cc2ccc(OC)c(O)c2)c1.O=P. The van der Waals surface area contributed by atoms with Gasteiger partial charge in [0.1, 0.15) is 32.9 Å². The third-order valence-corrected chi connectivity index (χ3v) is 11.4. The second kappa shape index (κ2) is 26.7. The van der Waals surface area contributed by atoms with Gasteiger partial charge < -0.3 is 49.1 Å². The van der Waals surface area contributed by atoms with Crippen LogP contribution in [-0.4, -0.2) is 94.9 Å². The largest absolute Gasteiger partial charge is 0.504 e. The summed E-state index contributed by atoms with van der Waals surface area (Å²) < 4.78 is 39.0. The van der Waals surface area contributed by atoms with Crippen LogP contribution in [0.1, 0.15) is 44.5 Å². The van der Waals surface area contributed by atoms with Crippen molar-refractivity contribution < 1.29 is 58.1 Å². The Hall–Kier alpha value is -7.57. The Balaban J connectivity index is 0.000000190. The molecule has 0 aromatic heterocycles. The molecule has 2 heterocycles. The van der Waals surface area contributed by atoms with Crippen LogP contribution in [0.25, 0.3) is 0 Å². The molecule has 1 amide bonds. The summed E-state index contributed by atoms with van der Waals surface area (Å²) in [5.41, 5.74) is 11.1. The van der Waals surface area contributed by atoms with Crippen LogP contribution in [-0.2, 0) is 47.9 Å². The van der Waals surface area contributed by atoms with E-state index >= 15 is 0 Å². The molecule has 6 aromatic carbocycles. The molecule has 0 radical (unpaired) electrons. The third-order valence-electron chi connectivity index (χ3n) is 11.4. The minimum Gasteiger partial charge on any atom is -0.504 e. The van der Waals surface area contributed by atoms with E-state index in [-0.39, 0.29) is 29.6 Å². The van der Waals surface area contributed by atoms with Gasteiger partial charge in [0.25, 0.3) is 0 Å². The molecule has 362 valence electrons. The van der Waals surface area contributed by atoms with E-state index in [1.807, 2.05) is 48.5 Å². The van der Waals surface area contributed by atoms with Crippen molar-refractivity contribution in [2.45, 2.75) is 38.5 Å². The van der Waals surface area contributed by atoms with Crippen molar-refractivity contribution in [1.82, 2.24) is 5.32 Å². The number of ether oxygens (including phenoxy) is 6. The van der Waals surface area contributed by atoms with Crippen LogP contribution in [0.2, 0.25) is 0 Å². The van der Waals surface area contributed by atoms with Crippen LogP contribution >= 0.6 is 9.12 Å². The molecular weight excluding hydrogens is 898 g/mol. The number of benzene rings is 6. The quantitative estimate of drug-likeness (QED) is 0.0677. The maximum absolute atomic E-state index is 11.9. The number of rotatable bonds is 15. The van der Waals surface area contributed by atoms with Gasteiger partial charge in [0.05, 0.1) is 55.5 Å². The number of carbonyl (C=O) groups excluding carboxylic acids is 1. The summed E-state index contributed by atoms with van der Waals surface area (Å²) in [4.78, 5) is 20.1. The number of carbonyl (C=O) groups is 1. The second-order valence-corrected chi connectivity index (χ2v) is 15.8. The van der Waals surface area contributed by atoms with E-state index in [0.717, 1.165) is 84.0 Å². The molecule has 69 heavy (non-hydrogen) atoms. The minimum atomic E-state index is -0.0857. The number of hydrogen-bond acceptors (Lipinski definition) is 12. The fourth-order valence-electron chi connectivity index (χ4n) is 7.89. The molecule has 5 N–H and O–H groups in total. The predicted molar refractivity (Wildman–Crippen MR) is 269 cm³/mol. The number of amides is 1. The molecule has 0 aliphatic carbocycles. The van der Waals surface area contributed by atoms with Crippen molar-refractivity contribution in [2.75, 3.05) is 62.3 Å². The molecule has 0 bridgehead atoms. The Bertz CT molecular complexity index is 2600. The van der Waals surface area contributed by atoms with Crippen LogP contribution < -0.4 is 38.7 Å². The summed E-state index contributed by atoms with van der Waals surface area (Å²) in [5, 5.41) is 32.4. The smallest absolute Gasteiger partial charge is 0.224 e. The van der Waals surface area contributed by atoms with Crippen molar-refractivity contribution in [3.05, 3.63) is 160 Å². The van der Waals surface area contributed by atoms with Crippen LogP contribution in [0.3, 0.4) is 0 Å². The zero-order valence-corrected chi connectivity index (χ0v) is 40.9. The van der Waals surface area contributed by atoms with Gasteiger partial charge in [0.15, 0.2) is 40.2 Å². The number of methoxy groups -OCH3 is 6. The number of phenolic OH excluding ortho intramolecular Hbond substituents is 3. The Morgan fingerprint density at radius 1 is 0.580 bits per heavy atom. The highest BCUT2D eigenvalue weighted by molar-refractivity contribution is 7.00. The van der Waals surface area contributed by atoms with Gasteiger partial charge in [-0.15, -0.1) is 0 Å². The molecule has 8 rings (SSSR count). The molecule has 0 fully saturated rings. The van der Waals surface area contributed by atoms with Gasteiger partial charge in [-0.25, -0.2) is 4.99 Å². The summed E-state index contributed by atoms with van der Waals surface area (Å²) in [6, 6.07) is 36.0. The summed E-state index contributed by atoms with van der Waals surface area (Å²) in [6.07, 6.45) is 4.31. The van der Waals surface area contributed by atoms with Crippen molar-refractivity contribution in [3.63, 3.8) is 0 Å². The average molecular weight is 959 g/mol. The molecule has 6 aromatic rings. The van der Waals surface area contributed by atoms with E-state index < -0.39 is 0 Å². The zero-order chi connectivity index (χ0) is 49.7. The highest BCUT2D eigenvalue weighted by atomic mass is 31.0. The van der Waals surface area contributed by atoms with Gasteiger partial charge in [-0.3, -0.25) is 14.4 Å². The molecule has 0 unspecified atom stereocenters. The highest BCUT2D eigenvalue weighted by Gasteiger charge is 2.21. The van der Waals surface area contributed by atoms with Gasteiger partial charge in [-0.1, -0.05) is 30.3 Å². The first-order valence-corrected chi connectivity index (χ1v) is 22.6. The number of aliphatic imine (C=N–C) groups is 1. The number of phenols is 3. The zero-order valence-electron chi connectivity index (χ0n) is 39.9. The van der Waals surface area contributed by atoms with E-state index in [2.05, 4.69) is 39.6 Å². The maximum atomic E-state index is 11.9. The lowest BCUT2D eigenvalue weighted by molar-refractivity contribution is -0.458. The Kier molecular flexibility index (Phi) is 20.3. The normalized spacial score (nSPS) is 11.9. The molecular formula is C54H61N3O11P+. The van der Waals surface area contributed by atoms with Gasteiger partial charge in [-0.2, -0.15) is 0 Å². The number of fused-ring (bicyclic) bond motifs is 2. The molecule has 0 spiro atoms. The molecule has 0 saturated heterocycles. The Labute approximate surface area is 405 Å². The molecule has 2 aliphatic rings. The second-order valence-electron chi connectivity index (χ2n) is 15.8. The number of nitrogens with zero attached hydrogens (tertiary/aromatic N) is 1. The van der Waals surface area contributed by atoms with Gasteiger partial charge in [0.2, 0.25) is 5.91 Å². The van der Waals surface area contributed by atoms with Crippen molar-refractivity contribution in [1.29, 1.82) is 0 Å². The van der Waals surface area contributed by atoms with Crippen molar-refractivity contribution >= 4 is 26.4 Å². The van der Waals surface area contributed by atoms with Gasteiger partial charge in [0, 0.05) is 37.2 Å². The summed E-state index contributed by atoms with van der Waals surface area (Å²) in [6.45, 7) is 2.25. The van der Waals surface area contributed by atoms with Crippen LogP contribution in [0.5, 0.6) is 51.7 Å². The molecule has 15 heteroatoms. The average Bonchev–Trinajstić information content (AvgIpc) is 3.37.